The van der Waals surface area contributed by atoms with Crippen molar-refractivity contribution in [3.05, 3.63) is 23.3 Å². The van der Waals surface area contributed by atoms with Crippen molar-refractivity contribution in [1.29, 1.82) is 0 Å². The van der Waals surface area contributed by atoms with Gasteiger partial charge in [-0.2, -0.15) is 4.39 Å². The highest BCUT2D eigenvalue weighted by Crippen LogP contribution is 2.27. The third-order valence-electron chi connectivity index (χ3n) is 1.99. The average Bonchev–Trinajstić information content (AvgIpc) is 2.22. The molecular formula is C10H11F3N2O2. The lowest BCUT2D eigenvalue weighted by Gasteiger charge is -2.09. The first-order valence-corrected chi connectivity index (χ1v) is 4.84. The topological polar surface area (TPSA) is 65.2 Å². The summed E-state index contributed by atoms with van der Waals surface area (Å²) in [6, 6.07) is 0.550. The number of rotatable bonds is 4. The average molecular weight is 248 g/mol. The second-order valence-electron chi connectivity index (χ2n) is 3.18. The summed E-state index contributed by atoms with van der Waals surface area (Å²) in [4.78, 5) is 14.4. The Balaban J connectivity index is 3.03. The maximum absolute atomic E-state index is 13.0. The van der Waals surface area contributed by atoms with Crippen LogP contribution in [0.15, 0.2) is 6.07 Å². The SMILES string of the molecule is CCOC(=O)Cc1nc(F)cc(C(F)F)c1N. The summed E-state index contributed by atoms with van der Waals surface area (Å²) in [6.07, 6.45) is -3.36. The van der Waals surface area contributed by atoms with E-state index in [2.05, 4.69) is 9.72 Å². The largest absolute Gasteiger partial charge is 0.466 e. The van der Waals surface area contributed by atoms with Crippen LogP contribution >= 0.6 is 0 Å². The van der Waals surface area contributed by atoms with E-state index in [9.17, 15) is 18.0 Å². The van der Waals surface area contributed by atoms with E-state index in [-0.39, 0.29) is 18.0 Å². The Morgan fingerprint density at radius 2 is 2.24 bits per heavy atom. The summed E-state index contributed by atoms with van der Waals surface area (Å²) in [6.45, 7) is 1.72. The Morgan fingerprint density at radius 3 is 2.76 bits per heavy atom. The lowest BCUT2D eigenvalue weighted by atomic mass is 10.1. The fraction of sp³-hybridized carbons (Fsp3) is 0.400. The Labute approximate surface area is 95.6 Å². The van der Waals surface area contributed by atoms with Gasteiger partial charge in [0.2, 0.25) is 5.95 Å². The van der Waals surface area contributed by atoms with Crippen molar-refractivity contribution in [1.82, 2.24) is 4.98 Å². The van der Waals surface area contributed by atoms with Crippen molar-refractivity contribution in [2.45, 2.75) is 19.8 Å². The maximum Gasteiger partial charge on any atom is 0.311 e. The molecule has 0 aromatic carbocycles. The maximum atomic E-state index is 13.0. The van der Waals surface area contributed by atoms with E-state index in [1.807, 2.05) is 0 Å². The van der Waals surface area contributed by atoms with Gasteiger partial charge in [0, 0.05) is 11.6 Å². The first kappa shape index (κ1) is 13.3. The summed E-state index contributed by atoms with van der Waals surface area (Å²) in [7, 11) is 0. The number of nitrogens with zero attached hydrogens (tertiary/aromatic N) is 1. The van der Waals surface area contributed by atoms with Gasteiger partial charge >= 0.3 is 5.97 Å². The van der Waals surface area contributed by atoms with Crippen LogP contribution in [-0.2, 0) is 16.0 Å². The molecule has 0 radical (unpaired) electrons. The first-order chi connectivity index (χ1) is 7.95. The molecule has 1 aromatic rings. The van der Waals surface area contributed by atoms with Crippen molar-refractivity contribution in [3.8, 4) is 0 Å². The fourth-order valence-corrected chi connectivity index (χ4v) is 1.26. The van der Waals surface area contributed by atoms with Crippen LogP contribution in [0.3, 0.4) is 0 Å². The number of pyridine rings is 1. The third kappa shape index (κ3) is 3.33. The molecule has 1 rings (SSSR count). The lowest BCUT2D eigenvalue weighted by molar-refractivity contribution is -0.142. The van der Waals surface area contributed by atoms with Crippen LogP contribution in [0.1, 0.15) is 24.6 Å². The molecule has 0 unspecified atom stereocenters. The van der Waals surface area contributed by atoms with Crippen molar-refractivity contribution in [2.24, 2.45) is 0 Å². The van der Waals surface area contributed by atoms with Gasteiger partial charge in [0.1, 0.15) is 0 Å². The second-order valence-corrected chi connectivity index (χ2v) is 3.18. The highest BCUT2D eigenvalue weighted by Gasteiger charge is 2.19. The molecule has 1 heterocycles. The van der Waals surface area contributed by atoms with Crippen molar-refractivity contribution in [2.75, 3.05) is 12.3 Å². The number of nitrogen functional groups attached to an aromatic ring is 1. The summed E-state index contributed by atoms with van der Waals surface area (Å²) in [5, 5.41) is 0. The smallest absolute Gasteiger partial charge is 0.311 e. The molecule has 94 valence electrons. The number of hydrogen-bond donors (Lipinski definition) is 1. The van der Waals surface area contributed by atoms with Gasteiger partial charge in [0.05, 0.1) is 24.4 Å². The molecule has 0 saturated carbocycles. The standard InChI is InChI=1S/C10H11F3N2O2/c1-2-17-8(16)4-6-9(14)5(10(12)13)3-7(11)15-6/h3,10H,2,4,14H2,1H3. The van der Waals surface area contributed by atoms with E-state index >= 15 is 0 Å². The molecule has 0 spiro atoms. The number of alkyl halides is 2. The summed E-state index contributed by atoms with van der Waals surface area (Å²) >= 11 is 0. The molecule has 4 nitrogen and oxygen atoms in total. The highest BCUT2D eigenvalue weighted by molar-refractivity contribution is 5.74. The molecular weight excluding hydrogens is 237 g/mol. The van der Waals surface area contributed by atoms with E-state index in [1.165, 1.54) is 0 Å². The van der Waals surface area contributed by atoms with E-state index < -0.39 is 30.3 Å². The number of esters is 1. The Hall–Kier alpha value is -1.79. The van der Waals surface area contributed by atoms with E-state index in [0.29, 0.717) is 6.07 Å². The molecule has 0 aliphatic heterocycles. The molecule has 0 saturated heterocycles. The predicted octanol–water partition coefficient (Wildman–Crippen LogP) is 1.85. The normalized spacial score (nSPS) is 10.6. The van der Waals surface area contributed by atoms with Crippen molar-refractivity contribution < 1.29 is 22.7 Å². The van der Waals surface area contributed by atoms with Crippen LogP contribution in [0.5, 0.6) is 0 Å². The molecule has 0 aliphatic rings. The molecule has 2 N–H and O–H groups in total. The predicted molar refractivity (Wildman–Crippen MR) is 53.9 cm³/mol. The van der Waals surface area contributed by atoms with Gasteiger partial charge in [0.25, 0.3) is 6.43 Å². The number of carbonyl (C=O) groups excluding carboxylic acids is 1. The minimum atomic E-state index is -2.92. The molecule has 0 amide bonds. The molecule has 1 aromatic heterocycles. The number of aromatic nitrogens is 1. The summed E-state index contributed by atoms with van der Waals surface area (Å²) in [5.74, 6) is -1.80. The number of carbonyl (C=O) groups is 1. The number of ether oxygens (including phenoxy) is 1. The number of hydrogen-bond acceptors (Lipinski definition) is 4. The van der Waals surface area contributed by atoms with Crippen LogP contribution in [-0.4, -0.2) is 17.6 Å². The monoisotopic (exact) mass is 248 g/mol. The van der Waals surface area contributed by atoms with Crippen LogP contribution in [0.2, 0.25) is 0 Å². The van der Waals surface area contributed by atoms with Crippen molar-refractivity contribution >= 4 is 11.7 Å². The van der Waals surface area contributed by atoms with Gasteiger partial charge in [-0.25, -0.2) is 13.8 Å². The van der Waals surface area contributed by atoms with E-state index in [0.717, 1.165) is 0 Å². The quantitative estimate of drug-likeness (QED) is 0.652. The second kappa shape index (κ2) is 5.51. The summed E-state index contributed by atoms with van der Waals surface area (Å²) in [5.41, 5.74) is 4.09. The molecule has 0 bridgehead atoms. The molecule has 0 fully saturated rings. The Kier molecular flexibility index (Phi) is 4.30. The fourth-order valence-electron chi connectivity index (χ4n) is 1.26. The van der Waals surface area contributed by atoms with E-state index in [4.69, 9.17) is 5.73 Å². The Morgan fingerprint density at radius 1 is 1.59 bits per heavy atom. The van der Waals surface area contributed by atoms with Crippen LogP contribution in [0.25, 0.3) is 0 Å². The zero-order valence-corrected chi connectivity index (χ0v) is 9.04. The van der Waals surface area contributed by atoms with Crippen LogP contribution in [0, 0.1) is 5.95 Å². The van der Waals surface area contributed by atoms with Crippen LogP contribution in [0.4, 0.5) is 18.9 Å². The zero-order chi connectivity index (χ0) is 13.0. The van der Waals surface area contributed by atoms with E-state index in [1.54, 1.807) is 6.92 Å². The molecule has 17 heavy (non-hydrogen) atoms. The third-order valence-corrected chi connectivity index (χ3v) is 1.99. The number of halogens is 3. The lowest BCUT2D eigenvalue weighted by Crippen LogP contribution is -2.13. The van der Waals surface area contributed by atoms with Gasteiger partial charge in [-0.15, -0.1) is 0 Å². The van der Waals surface area contributed by atoms with Gasteiger partial charge in [-0.3, -0.25) is 4.79 Å². The molecule has 7 heteroatoms. The molecule has 0 atom stereocenters. The summed E-state index contributed by atoms with van der Waals surface area (Å²) < 4.78 is 42.5. The number of nitrogens with two attached hydrogens (primary N) is 1. The number of anilines is 1. The minimum Gasteiger partial charge on any atom is -0.466 e. The zero-order valence-electron chi connectivity index (χ0n) is 9.04. The van der Waals surface area contributed by atoms with Crippen molar-refractivity contribution in [3.63, 3.8) is 0 Å². The van der Waals surface area contributed by atoms with Gasteiger partial charge in [0.15, 0.2) is 0 Å². The molecule has 0 aliphatic carbocycles. The first-order valence-electron chi connectivity index (χ1n) is 4.84. The highest BCUT2D eigenvalue weighted by atomic mass is 19.3. The van der Waals surface area contributed by atoms with Gasteiger partial charge in [-0.05, 0) is 6.92 Å². The van der Waals surface area contributed by atoms with Gasteiger partial charge in [-0.1, -0.05) is 0 Å². The Bertz CT molecular complexity index is 424. The van der Waals surface area contributed by atoms with Gasteiger partial charge < -0.3 is 10.5 Å². The van der Waals surface area contributed by atoms with Crippen LogP contribution < -0.4 is 5.73 Å². The minimum absolute atomic E-state index is 0.135.